The van der Waals surface area contributed by atoms with Crippen LogP contribution in [0.1, 0.15) is 35.7 Å². The number of hydrogen-bond acceptors (Lipinski definition) is 3. The molecule has 19 heavy (non-hydrogen) atoms. The minimum atomic E-state index is 0.492. The minimum absolute atomic E-state index is 0.492. The predicted octanol–water partition coefficient (Wildman–Crippen LogP) is 2.98. The van der Waals surface area contributed by atoms with Gasteiger partial charge in [0, 0.05) is 6.04 Å². The van der Waals surface area contributed by atoms with Crippen molar-refractivity contribution in [3.05, 3.63) is 47.5 Å². The highest BCUT2D eigenvalue weighted by molar-refractivity contribution is 5.41. The Labute approximate surface area is 112 Å². The van der Waals surface area contributed by atoms with Gasteiger partial charge in [-0.25, -0.2) is 4.98 Å². The van der Waals surface area contributed by atoms with E-state index >= 15 is 0 Å². The summed E-state index contributed by atoms with van der Waals surface area (Å²) < 4.78 is 8.01. The lowest BCUT2D eigenvalue weighted by Gasteiger charge is -2.11. The van der Waals surface area contributed by atoms with Crippen molar-refractivity contribution in [2.45, 2.75) is 32.4 Å². The number of imidazole rings is 1. The van der Waals surface area contributed by atoms with E-state index in [0.717, 1.165) is 17.0 Å². The first-order valence-corrected chi connectivity index (χ1v) is 6.42. The molecule has 1 aromatic carbocycles. The summed E-state index contributed by atoms with van der Waals surface area (Å²) in [7, 11) is 0. The quantitative estimate of drug-likeness (QED) is 0.841. The van der Waals surface area contributed by atoms with Crippen LogP contribution in [0.2, 0.25) is 0 Å². The van der Waals surface area contributed by atoms with E-state index in [2.05, 4.69) is 15.6 Å². The van der Waals surface area contributed by atoms with Crippen molar-refractivity contribution < 1.29 is 4.74 Å². The number of nitriles is 1. The maximum atomic E-state index is 8.91. The Kier molecular flexibility index (Phi) is 2.96. The Morgan fingerprint density at radius 1 is 1.47 bits per heavy atom. The number of nitrogens with zero attached hydrogens (tertiary/aromatic N) is 3. The maximum absolute atomic E-state index is 8.91. The van der Waals surface area contributed by atoms with Crippen molar-refractivity contribution in [3.63, 3.8) is 0 Å². The Morgan fingerprint density at radius 3 is 3.05 bits per heavy atom. The maximum Gasteiger partial charge on any atom is 0.130 e. The van der Waals surface area contributed by atoms with Gasteiger partial charge in [0.1, 0.15) is 12.4 Å². The van der Waals surface area contributed by atoms with E-state index in [9.17, 15) is 0 Å². The lowest BCUT2D eigenvalue weighted by molar-refractivity contribution is 0.293. The van der Waals surface area contributed by atoms with Crippen LogP contribution in [0, 0.1) is 18.3 Å². The van der Waals surface area contributed by atoms with Gasteiger partial charge in [0.05, 0.1) is 29.9 Å². The number of aryl methyl sites for hydroxylation is 1. The summed E-state index contributed by atoms with van der Waals surface area (Å²) in [6, 6.07) is 8.23. The van der Waals surface area contributed by atoms with E-state index < -0.39 is 0 Å². The molecule has 1 heterocycles. The van der Waals surface area contributed by atoms with Gasteiger partial charge in [0.15, 0.2) is 0 Å². The molecule has 96 valence electrons. The van der Waals surface area contributed by atoms with Crippen LogP contribution in [0.15, 0.2) is 30.7 Å². The summed E-state index contributed by atoms with van der Waals surface area (Å²) in [6.45, 7) is 2.47. The molecule has 4 heteroatoms. The van der Waals surface area contributed by atoms with Crippen molar-refractivity contribution in [2.24, 2.45) is 0 Å². The zero-order valence-electron chi connectivity index (χ0n) is 10.8. The lowest BCUT2D eigenvalue weighted by Crippen LogP contribution is -2.04. The summed E-state index contributed by atoms with van der Waals surface area (Å²) in [5, 5.41) is 8.91. The zero-order valence-corrected chi connectivity index (χ0v) is 10.8. The standard InChI is InChI=1S/C15H15N3O/c1-11-2-3-12(7-16)6-15(11)19-9-14-8-17-10-18(14)13-4-5-13/h2-3,6,8,10,13H,4-5,9H2,1H3. The molecule has 2 aromatic rings. The molecule has 1 fully saturated rings. The van der Waals surface area contributed by atoms with Crippen LogP contribution in [0.25, 0.3) is 0 Å². The summed E-state index contributed by atoms with van der Waals surface area (Å²) in [4.78, 5) is 4.18. The third kappa shape index (κ3) is 2.45. The molecule has 0 aliphatic heterocycles. The van der Waals surface area contributed by atoms with Gasteiger partial charge in [-0.1, -0.05) is 6.07 Å². The predicted molar refractivity (Wildman–Crippen MR) is 70.7 cm³/mol. The molecule has 0 unspecified atom stereocenters. The van der Waals surface area contributed by atoms with Crippen molar-refractivity contribution in [1.29, 1.82) is 5.26 Å². The minimum Gasteiger partial charge on any atom is -0.487 e. The fourth-order valence-electron chi connectivity index (χ4n) is 2.10. The molecular weight excluding hydrogens is 238 g/mol. The first-order chi connectivity index (χ1) is 9.28. The fraction of sp³-hybridized carbons (Fsp3) is 0.333. The van der Waals surface area contributed by atoms with Crippen molar-refractivity contribution >= 4 is 0 Å². The fourth-order valence-corrected chi connectivity index (χ4v) is 2.10. The molecule has 0 saturated heterocycles. The van der Waals surface area contributed by atoms with E-state index in [1.165, 1.54) is 12.8 Å². The van der Waals surface area contributed by atoms with Gasteiger partial charge in [-0.2, -0.15) is 5.26 Å². The molecule has 0 amide bonds. The van der Waals surface area contributed by atoms with Crippen molar-refractivity contribution in [1.82, 2.24) is 9.55 Å². The zero-order chi connectivity index (χ0) is 13.2. The third-order valence-corrected chi connectivity index (χ3v) is 3.38. The number of rotatable bonds is 4. The average molecular weight is 253 g/mol. The van der Waals surface area contributed by atoms with Gasteiger partial charge >= 0.3 is 0 Å². The highest BCUT2D eigenvalue weighted by Gasteiger charge is 2.25. The van der Waals surface area contributed by atoms with Crippen LogP contribution in [0.4, 0.5) is 0 Å². The van der Waals surface area contributed by atoms with Crippen molar-refractivity contribution in [3.8, 4) is 11.8 Å². The molecule has 3 rings (SSSR count). The molecule has 0 spiro atoms. The smallest absolute Gasteiger partial charge is 0.130 e. The van der Waals surface area contributed by atoms with E-state index in [1.54, 1.807) is 12.1 Å². The molecule has 4 nitrogen and oxygen atoms in total. The Hall–Kier alpha value is -2.28. The van der Waals surface area contributed by atoms with Gasteiger partial charge < -0.3 is 9.30 Å². The summed E-state index contributed by atoms with van der Waals surface area (Å²) in [6.07, 6.45) is 6.18. The Balaban J connectivity index is 1.75. The number of ether oxygens (including phenoxy) is 1. The molecule has 1 saturated carbocycles. The van der Waals surface area contributed by atoms with Crippen molar-refractivity contribution in [2.75, 3.05) is 0 Å². The van der Waals surface area contributed by atoms with Gasteiger partial charge in [0.25, 0.3) is 0 Å². The lowest BCUT2D eigenvalue weighted by atomic mass is 10.1. The molecule has 0 bridgehead atoms. The third-order valence-electron chi connectivity index (χ3n) is 3.38. The molecule has 1 aliphatic rings. The van der Waals surface area contributed by atoms with Crippen LogP contribution in [-0.2, 0) is 6.61 Å². The number of benzene rings is 1. The second-order valence-corrected chi connectivity index (χ2v) is 4.90. The largest absolute Gasteiger partial charge is 0.487 e. The average Bonchev–Trinajstić information content (AvgIpc) is 3.17. The SMILES string of the molecule is Cc1ccc(C#N)cc1OCc1cncn1C1CC1. The van der Waals surface area contributed by atoms with Crippen LogP contribution in [-0.4, -0.2) is 9.55 Å². The highest BCUT2D eigenvalue weighted by atomic mass is 16.5. The summed E-state index contributed by atoms with van der Waals surface area (Å²) in [5.41, 5.74) is 2.75. The Morgan fingerprint density at radius 2 is 2.32 bits per heavy atom. The van der Waals surface area contributed by atoms with E-state index in [0.29, 0.717) is 18.2 Å². The molecule has 0 atom stereocenters. The van der Waals surface area contributed by atoms with Gasteiger partial charge in [-0.3, -0.25) is 0 Å². The van der Waals surface area contributed by atoms with E-state index in [1.807, 2.05) is 25.5 Å². The molecular formula is C15H15N3O. The topological polar surface area (TPSA) is 50.8 Å². The van der Waals surface area contributed by atoms with Crippen LogP contribution < -0.4 is 4.74 Å². The normalized spacial score (nSPS) is 14.1. The van der Waals surface area contributed by atoms with Crippen LogP contribution >= 0.6 is 0 Å². The van der Waals surface area contributed by atoms with E-state index in [4.69, 9.17) is 10.00 Å². The second kappa shape index (κ2) is 4.77. The van der Waals surface area contributed by atoms with Gasteiger partial charge in [0.2, 0.25) is 0 Å². The monoisotopic (exact) mass is 253 g/mol. The number of hydrogen-bond donors (Lipinski definition) is 0. The van der Waals surface area contributed by atoms with Crippen LogP contribution in [0.5, 0.6) is 5.75 Å². The second-order valence-electron chi connectivity index (χ2n) is 4.90. The highest BCUT2D eigenvalue weighted by Crippen LogP contribution is 2.35. The van der Waals surface area contributed by atoms with Gasteiger partial charge in [-0.05, 0) is 37.5 Å². The Bertz CT molecular complexity index is 635. The first-order valence-electron chi connectivity index (χ1n) is 6.42. The molecule has 1 aromatic heterocycles. The number of aromatic nitrogens is 2. The van der Waals surface area contributed by atoms with Crippen LogP contribution in [0.3, 0.4) is 0 Å². The first kappa shape index (κ1) is 11.8. The van der Waals surface area contributed by atoms with E-state index in [-0.39, 0.29) is 0 Å². The molecule has 1 aliphatic carbocycles. The molecule has 0 radical (unpaired) electrons. The summed E-state index contributed by atoms with van der Waals surface area (Å²) in [5.74, 6) is 0.766. The van der Waals surface area contributed by atoms with Gasteiger partial charge in [-0.15, -0.1) is 0 Å². The summed E-state index contributed by atoms with van der Waals surface area (Å²) >= 11 is 0. The molecule has 0 N–H and O–H groups in total.